The molecule has 2 rings (SSSR count). The van der Waals surface area contributed by atoms with Gasteiger partial charge in [0, 0.05) is 16.0 Å². The second-order valence-electron chi connectivity index (χ2n) is 2.90. The van der Waals surface area contributed by atoms with Crippen LogP contribution in [-0.4, -0.2) is 4.98 Å². The van der Waals surface area contributed by atoms with Gasteiger partial charge in [0.25, 0.3) is 0 Å². The fraction of sp³-hybridized carbons (Fsp3) is 0.100. The van der Waals surface area contributed by atoms with Crippen LogP contribution in [0.1, 0.15) is 5.69 Å². The Hall–Kier alpha value is -0.640. The highest BCUT2D eigenvalue weighted by molar-refractivity contribution is 7.13. The lowest BCUT2D eigenvalue weighted by atomic mass is 10.2. The maximum atomic E-state index is 13.5. The summed E-state index contributed by atoms with van der Waals surface area (Å²) in [4.78, 5) is 4.19. The van der Waals surface area contributed by atoms with Gasteiger partial charge in [0.15, 0.2) is 0 Å². The van der Waals surface area contributed by atoms with Gasteiger partial charge >= 0.3 is 0 Å². The molecule has 0 saturated carbocycles. The predicted octanol–water partition coefficient (Wildman–Crippen LogP) is 4.34. The second kappa shape index (κ2) is 4.47. The van der Waals surface area contributed by atoms with Crippen LogP contribution in [0.15, 0.2) is 23.6 Å². The lowest BCUT2D eigenvalue weighted by Gasteiger charge is -1.98. The molecule has 0 bridgehead atoms. The van der Waals surface area contributed by atoms with Gasteiger partial charge in [0.05, 0.1) is 11.6 Å². The lowest BCUT2D eigenvalue weighted by molar-refractivity contribution is 0.631. The molecule has 2 aromatic rings. The molecule has 0 spiro atoms. The number of hydrogen-bond acceptors (Lipinski definition) is 2. The first-order valence-electron chi connectivity index (χ1n) is 4.16. The van der Waals surface area contributed by atoms with E-state index >= 15 is 0 Å². The summed E-state index contributed by atoms with van der Waals surface area (Å²) in [5, 5.41) is 2.82. The lowest BCUT2D eigenvalue weighted by Crippen LogP contribution is -1.84. The zero-order valence-corrected chi connectivity index (χ0v) is 9.83. The van der Waals surface area contributed by atoms with E-state index in [4.69, 9.17) is 23.2 Å². The molecule has 0 amide bonds. The third-order valence-corrected chi connectivity index (χ3v) is 3.28. The smallest absolute Gasteiger partial charge is 0.134 e. The summed E-state index contributed by atoms with van der Waals surface area (Å²) in [5.74, 6) is -0.0240. The summed E-state index contributed by atoms with van der Waals surface area (Å²) in [5.41, 5.74) is 1.21. The maximum absolute atomic E-state index is 13.5. The molecule has 0 aliphatic heterocycles. The molecule has 15 heavy (non-hydrogen) atoms. The molecular weight excluding hydrogens is 256 g/mol. The van der Waals surface area contributed by atoms with Crippen molar-refractivity contribution in [2.45, 2.75) is 5.88 Å². The molecule has 1 aromatic carbocycles. The van der Waals surface area contributed by atoms with Crippen molar-refractivity contribution in [2.24, 2.45) is 0 Å². The van der Waals surface area contributed by atoms with Crippen molar-refractivity contribution in [1.29, 1.82) is 0 Å². The fourth-order valence-electron chi connectivity index (χ4n) is 1.15. The number of rotatable bonds is 2. The SMILES string of the molecule is Fc1cc(Cl)ccc1-c1nc(CCl)cs1. The van der Waals surface area contributed by atoms with E-state index in [1.165, 1.54) is 17.4 Å². The normalized spacial score (nSPS) is 10.6. The van der Waals surface area contributed by atoms with Gasteiger partial charge in [-0.2, -0.15) is 0 Å². The Bertz CT molecular complexity index is 484. The third-order valence-electron chi connectivity index (χ3n) is 1.85. The van der Waals surface area contributed by atoms with Crippen molar-refractivity contribution in [3.05, 3.63) is 40.1 Å². The number of hydrogen-bond donors (Lipinski definition) is 0. The number of halogens is 3. The van der Waals surface area contributed by atoms with Crippen LogP contribution in [0.5, 0.6) is 0 Å². The predicted molar refractivity (Wildman–Crippen MR) is 62.1 cm³/mol. The quantitative estimate of drug-likeness (QED) is 0.733. The Morgan fingerprint density at radius 2 is 2.20 bits per heavy atom. The van der Waals surface area contributed by atoms with Crippen LogP contribution >= 0.6 is 34.5 Å². The van der Waals surface area contributed by atoms with Crippen LogP contribution in [0.2, 0.25) is 5.02 Å². The van der Waals surface area contributed by atoms with Gasteiger partial charge in [-0.1, -0.05) is 11.6 Å². The number of nitrogens with zero attached hydrogens (tertiary/aromatic N) is 1. The first kappa shape index (κ1) is 10.9. The molecule has 0 saturated heterocycles. The summed E-state index contributed by atoms with van der Waals surface area (Å²) >= 11 is 12.6. The Kier molecular flexibility index (Phi) is 3.24. The maximum Gasteiger partial charge on any atom is 0.134 e. The topological polar surface area (TPSA) is 12.9 Å². The Morgan fingerprint density at radius 1 is 1.40 bits per heavy atom. The summed E-state index contributed by atoms with van der Waals surface area (Å²) < 4.78 is 13.5. The molecule has 0 radical (unpaired) electrons. The number of benzene rings is 1. The molecule has 1 heterocycles. The monoisotopic (exact) mass is 261 g/mol. The summed E-state index contributed by atoms with van der Waals surface area (Å²) in [7, 11) is 0. The third kappa shape index (κ3) is 2.30. The van der Waals surface area contributed by atoms with Gasteiger partial charge in [-0.25, -0.2) is 9.37 Å². The minimum Gasteiger partial charge on any atom is -0.240 e. The molecule has 0 unspecified atom stereocenters. The second-order valence-corrected chi connectivity index (χ2v) is 4.46. The minimum atomic E-state index is -0.363. The van der Waals surface area contributed by atoms with Crippen molar-refractivity contribution < 1.29 is 4.39 Å². The highest BCUT2D eigenvalue weighted by Crippen LogP contribution is 2.28. The molecule has 1 nitrogen and oxygen atoms in total. The first-order valence-corrected chi connectivity index (χ1v) is 5.95. The molecule has 5 heteroatoms. The van der Waals surface area contributed by atoms with Crippen LogP contribution in [0.3, 0.4) is 0 Å². The van der Waals surface area contributed by atoms with E-state index < -0.39 is 0 Å². The van der Waals surface area contributed by atoms with Crippen LogP contribution in [0.4, 0.5) is 4.39 Å². The molecular formula is C10H6Cl2FNS. The van der Waals surface area contributed by atoms with Crippen molar-refractivity contribution in [3.8, 4) is 10.6 Å². The van der Waals surface area contributed by atoms with Gasteiger partial charge in [-0.15, -0.1) is 22.9 Å². The molecule has 0 aliphatic carbocycles. The molecule has 0 N–H and O–H groups in total. The van der Waals surface area contributed by atoms with Crippen molar-refractivity contribution in [1.82, 2.24) is 4.98 Å². The van der Waals surface area contributed by atoms with E-state index in [0.29, 0.717) is 21.5 Å². The van der Waals surface area contributed by atoms with Crippen LogP contribution in [0, 0.1) is 5.82 Å². The zero-order valence-electron chi connectivity index (χ0n) is 7.51. The molecule has 0 fully saturated rings. The van der Waals surface area contributed by atoms with E-state index in [0.717, 1.165) is 5.69 Å². The fourth-order valence-corrected chi connectivity index (χ4v) is 2.39. The van der Waals surface area contributed by atoms with E-state index in [1.54, 1.807) is 12.1 Å². The van der Waals surface area contributed by atoms with Gasteiger partial charge in [-0.3, -0.25) is 0 Å². The highest BCUT2D eigenvalue weighted by Gasteiger charge is 2.09. The van der Waals surface area contributed by atoms with Crippen molar-refractivity contribution in [3.63, 3.8) is 0 Å². The van der Waals surface area contributed by atoms with Gasteiger partial charge in [0.2, 0.25) is 0 Å². The van der Waals surface area contributed by atoms with E-state index in [-0.39, 0.29) is 5.82 Å². The van der Waals surface area contributed by atoms with Gasteiger partial charge in [0.1, 0.15) is 10.8 Å². The Balaban J connectivity index is 2.44. The molecule has 0 atom stereocenters. The van der Waals surface area contributed by atoms with Crippen molar-refractivity contribution >= 4 is 34.5 Å². The van der Waals surface area contributed by atoms with E-state index in [2.05, 4.69) is 4.98 Å². The zero-order chi connectivity index (χ0) is 10.8. The summed E-state index contributed by atoms with van der Waals surface area (Å²) in [6.07, 6.45) is 0. The number of aromatic nitrogens is 1. The standard InChI is InChI=1S/C10H6Cl2FNS/c11-4-7-5-15-10(14-7)8-2-1-6(12)3-9(8)13/h1-3,5H,4H2. The first-order chi connectivity index (χ1) is 7.20. The Labute approximate surface area is 100 Å². The van der Waals surface area contributed by atoms with Gasteiger partial charge in [-0.05, 0) is 18.2 Å². The Morgan fingerprint density at radius 3 is 2.80 bits per heavy atom. The average molecular weight is 262 g/mol. The minimum absolute atomic E-state index is 0.339. The largest absolute Gasteiger partial charge is 0.240 e. The van der Waals surface area contributed by atoms with E-state index in [9.17, 15) is 4.39 Å². The molecule has 1 aromatic heterocycles. The van der Waals surface area contributed by atoms with Crippen LogP contribution < -0.4 is 0 Å². The van der Waals surface area contributed by atoms with Gasteiger partial charge < -0.3 is 0 Å². The molecule has 78 valence electrons. The summed E-state index contributed by atoms with van der Waals surface area (Å²) in [6.45, 7) is 0. The van der Waals surface area contributed by atoms with E-state index in [1.807, 2.05) is 5.38 Å². The molecule has 0 aliphatic rings. The van der Waals surface area contributed by atoms with Crippen molar-refractivity contribution in [2.75, 3.05) is 0 Å². The van der Waals surface area contributed by atoms with Crippen LogP contribution in [-0.2, 0) is 5.88 Å². The highest BCUT2D eigenvalue weighted by atomic mass is 35.5. The summed E-state index contributed by atoms with van der Waals surface area (Å²) in [6, 6.07) is 4.54. The number of alkyl halides is 1. The number of thiazole rings is 1. The van der Waals surface area contributed by atoms with Crippen LogP contribution in [0.25, 0.3) is 10.6 Å². The average Bonchev–Trinajstić information content (AvgIpc) is 2.66.